The van der Waals surface area contributed by atoms with E-state index in [2.05, 4.69) is 5.32 Å². The Morgan fingerprint density at radius 1 is 1.22 bits per heavy atom. The molecule has 0 aromatic heterocycles. The molecular formula is C17H26N2O4. The Hall–Kier alpha value is -2.24. The summed E-state index contributed by atoms with van der Waals surface area (Å²) in [4.78, 5) is 25.6. The van der Waals surface area contributed by atoms with E-state index >= 15 is 0 Å². The standard InChI is InChI=1S/C17H26N2O4/c1-12(18-16(21)23-17(2,3)4)11-19(5)15(20)13-7-9-14(22-6)10-8-13/h7-10,12H,11H2,1-6H3,(H,18,21)/t12-/m0/s1. The highest BCUT2D eigenvalue weighted by molar-refractivity contribution is 5.94. The summed E-state index contributed by atoms with van der Waals surface area (Å²) in [6.07, 6.45) is -0.490. The van der Waals surface area contributed by atoms with Crippen molar-refractivity contribution in [3.05, 3.63) is 29.8 Å². The Balaban J connectivity index is 2.55. The van der Waals surface area contributed by atoms with E-state index < -0.39 is 11.7 Å². The van der Waals surface area contributed by atoms with Gasteiger partial charge in [0.25, 0.3) is 5.91 Å². The number of alkyl carbamates (subject to hydrolysis) is 1. The summed E-state index contributed by atoms with van der Waals surface area (Å²) in [5, 5.41) is 2.72. The normalized spacial score (nSPS) is 12.3. The summed E-state index contributed by atoms with van der Waals surface area (Å²) in [6, 6.07) is 6.68. The van der Waals surface area contributed by atoms with Crippen LogP contribution >= 0.6 is 0 Å². The molecule has 0 aliphatic carbocycles. The second-order valence-corrected chi connectivity index (χ2v) is 6.46. The van der Waals surface area contributed by atoms with Crippen LogP contribution in [-0.4, -0.2) is 49.2 Å². The number of carbonyl (C=O) groups is 2. The van der Waals surface area contributed by atoms with Gasteiger partial charge in [-0.1, -0.05) is 0 Å². The Labute approximate surface area is 137 Å². The van der Waals surface area contributed by atoms with E-state index in [0.717, 1.165) is 0 Å². The number of likely N-dealkylation sites (N-methyl/N-ethyl adjacent to an activating group) is 1. The number of methoxy groups -OCH3 is 1. The minimum atomic E-state index is -0.547. The average molecular weight is 322 g/mol. The van der Waals surface area contributed by atoms with Crippen LogP contribution in [0.5, 0.6) is 5.75 Å². The topological polar surface area (TPSA) is 67.9 Å². The average Bonchev–Trinajstić information content (AvgIpc) is 2.44. The fourth-order valence-corrected chi connectivity index (χ4v) is 2.00. The lowest BCUT2D eigenvalue weighted by atomic mass is 10.2. The number of rotatable bonds is 5. The number of hydrogen-bond acceptors (Lipinski definition) is 4. The Morgan fingerprint density at radius 3 is 2.26 bits per heavy atom. The third kappa shape index (κ3) is 6.59. The molecule has 0 fully saturated rings. The SMILES string of the molecule is COc1ccc(C(=O)N(C)C[C@H](C)NC(=O)OC(C)(C)C)cc1. The molecule has 23 heavy (non-hydrogen) atoms. The smallest absolute Gasteiger partial charge is 0.407 e. The first kappa shape index (κ1) is 18.8. The highest BCUT2D eigenvalue weighted by Crippen LogP contribution is 2.13. The minimum Gasteiger partial charge on any atom is -0.497 e. The van der Waals surface area contributed by atoms with Gasteiger partial charge in [-0.25, -0.2) is 4.79 Å². The number of hydrogen-bond donors (Lipinski definition) is 1. The molecule has 1 rings (SSSR count). The summed E-state index contributed by atoms with van der Waals surface area (Å²) < 4.78 is 10.3. The first-order valence-corrected chi connectivity index (χ1v) is 7.51. The molecule has 128 valence electrons. The van der Waals surface area contributed by atoms with Gasteiger partial charge in [0.15, 0.2) is 0 Å². The van der Waals surface area contributed by atoms with Crippen molar-refractivity contribution in [2.75, 3.05) is 20.7 Å². The molecule has 6 nitrogen and oxygen atoms in total. The minimum absolute atomic E-state index is 0.120. The lowest BCUT2D eigenvalue weighted by Crippen LogP contribution is -2.44. The molecule has 0 heterocycles. The number of carbonyl (C=O) groups excluding carboxylic acids is 2. The van der Waals surface area contributed by atoms with Crippen LogP contribution in [0.1, 0.15) is 38.1 Å². The highest BCUT2D eigenvalue weighted by atomic mass is 16.6. The number of nitrogens with one attached hydrogen (secondary N) is 1. The number of amides is 2. The van der Waals surface area contributed by atoms with Gasteiger partial charge in [0, 0.05) is 25.2 Å². The number of benzene rings is 1. The Bertz CT molecular complexity index is 535. The maximum Gasteiger partial charge on any atom is 0.407 e. The molecule has 1 aromatic rings. The molecule has 0 saturated carbocycles. The maximum absolute atomic E-state index is 12.3. The first-order chi connectivity index (χ1) is 10.6. The van der Waals surface area contributed by atoms with Gasteiger partial charge >= 0.3 is 6.09 Å². The molecule has 0 aliphatic rings. The van der Waals surface area contributed by atoms with Crippen molar-refractivity contribution in [2.45, 2.75) is 39.3 Å². The van der Waals surface area contributed by atoms with Gasteiger partial charge < -0.3 is 19.7 Å². The van der Waals surface area contributed by atoms with Crippen molar-refractivity contribution in [1.82, 2.24) is 10.2 Å². The van der Waals surface area contributed by atoms with Gasteiger partial charge in [-0.05, 0) is 52.0 Å². The van der Waals surface area contributed by atoms with Gasteiger partial charge in [-0.15, -0.1) is 0 Å². The molecule has 6 heteroatoms. The van der Waals surface area contributed by atoms with Crippen LogP contribution < -0.4 is 10.1 Å². The van der Waals surface area contributed by atoms with Crippen LogP contribution in [-0.2, 0) is 4.74 Å². The van der Waals surface area contributed by atoms with Gasteiger partial charge in [-0.2, -0.15) is 0 Å². The van der Waals surface area contributed by atoms with Gasteiger partial charge in [0.05, 0.1) is 7.11 Å². The van der Waals surface area contributed by atoms with Crippen molar-refractivity contribution in [2.24, 2.45) is 0 Å². The summed E-state index contributed by atoms with van der Waals surface area (Å²) in [6.45, 7) is 7.61. The zero-order chi connectivity index (χ0) is 17.6. The van der Waals surface area contributed by atoms with Crippen molar-refractivity contribution in [3.8, 4) is 5.75 Å². The molecule has 2 amide bonds. The molecule has 1 atom stereocenters. The van der Waals surface area contributed by atoms with E-state index in [-0.39, 0.29) is 11.9 Å². The maximum atomic E-state index is 12.3. The Morgan fingerprint density at radius 2 is 1.78 bits per heavy atom. The van der Waals surface area contributed by atoms with Crippen LogP contribution in [0.4, 0.5) is 4.79 Å². The summed E-state index contributed by atoms with van der Waals surface area (Å²) >= 11 is 0. The largest absolute Gasteiger partial charge is 0.497 e. The predicted molar refractivity (Wildman–Crippen MR) is 88.8 cm³/mol. The third-order valence-corrected chi connectivity index (χ3v) is 2.99. The van der Waals surface area contributed by atoms with Crippen LogP contribution in [0.15, 0.2) is 24.3 Å². The van der Waals surface area contributed by atoms with Gasteiger partial charge in [0.1, 0.15) is 11.4 Å². The zero-order valence-electron chi connectivity index (χ0n) is 14.7. The quantitative estimate of drug-likeness (QED) is 0.905. The van der Waals surface area contributed by atoms with Crippen molar-refractivity contribution in [3.63, 3.8) is 0 Å². The van der Waals surface area contributed by atoms with E-state index in [1.165, 1.54) is 0 Å². The summed E-state index contributed by atoms with van der Waals surface area (Å²) in [5.41, 5.74) is 0.0204. The Kier molecular flexibility index (Phi) is 6.42. The van der Waals surface area contributed by atoms with E-state index in [0.29, 0.717) is 17.9 Å². The molecule has 1 N–H and O–H groups in total. The molecule has 0 spiro atoms. The lowest BCUT2D eigenvalue weighted by molar-refractivity contribution is 0.0491. The van der Waals surface area contributed by atoms with Gasteiger partial charge in [0.2, 0.25) is 0 Å². The van der Waals surface area contributed by atoms with Crippen LogP contribution in [0.2, 0.25) is 0 Å². The second-order valence-electron chi connectivity index (χ2n) is 6.46. The zero-order valence-corrected chi connectivity index (χ0v) is 14.7. The highest BCUT2D eigenvalue weighted by Gasteiger charge is 2.20. The summed E-state index contributed by atoms with van der Waals surface area (Å²) in [5.74, 6) is 0.578. The second kappa shape index (κ2) is 7.85. The monoisotopic (exact) mass is 322 g/mol. The number of nitrogens with zero attached hydrogens (tertiary/aromatic N) is 1. The van der Waals surface area contributed by atoms with E-state index in [9.17, 15) is 9.59 Å². The molecule has 0 saturated heterocycles. The molecule has 0 bridgehead atoms. The van der Waals surface area contributed by atoms with E-state index in [1.807, 2.05) is 6.92 Å². The molecular weight excluding hydrogens is 296 g/mol. The fraction of sp³-hybridized carbons (Fsp3) is 0.529. The van der Waals surface area contributed by atoms with Crippen molar-refractivity contribution < 1.29 is 19.1 Å². The van der Waals surface area contributed by atoms with Crippen molar-refractivity contribution >= 4 is 12.0 Å². The molecule has 0 unspecified atom stereocenters. The molecule has 1 aromatic carbocycles. The number of ether oxygens (including phenoxy) is 2. The van der Waals surface area contributed by atoms with Gasteiger partial charge in [-0.3, -0.25) is 4.79 Å². The molecule has 0 aliphatic heterocycles. The van der Waals surface area contributed by atoms with E-state index in [4.69, 9.17) is 9.47 Å². The lowest BCUT2D eigenvalue weighted by Gasteiger charge is -2.25. The van der Waals surface area contributed by atoms with Crippen LogP contribution in [0, 0.1) is 0 Å². The first-order valence-electron chi connectivity index (χ1n) is 7.51. The van der Waals surface area contributed by atoms with Crippen molar-refractivity contribution in [1.29, 1.82) is 0 Å². The predicted octanol–water partition coefficient (Wildman–Crippen LogP) is 2.68. The van der Waals surface area contributed by atoms with Crippen LogP contribution in [0.25, 0.3) is 0 Å². The van der Waals surface area contributed by atoms with E-state index in [1.54, 1.807) is 64.1 Å². The molecule has 0 radical (unpaired) electrons. The fourth-order valence-electron chi connectivity index (χ4n) is 2.00. The van der Waals surface area contributed by atoms with Crippen LogP contribution in [0.3, 0.4) is 0 Å². The summed E-state index contributed by atoms with van der Waals surface area (Å²) in [7, 11) is 3.27. The third-order valence-electron chi connectivity index (χ3n) is 2.99.